The Hall–Kier alpha value is -2.24. The van der Waals surface area contributed by atoms with Crippen LogP contribution in [0.2, 0.25) is 5.02 Å². The molecule has 3 rings (SSSR count). The first-order valence-electron chi connectivity index (χ1n) is 7.52. The number of allylic oxidation sites excluding steroid dienone is 1. The number of hydrogen-bond acceptors (Lipinski definition) is 4. The van der Waals surface area contributed by atoms with Gasteiger partial charge in [-0.25, -0.2) is 4.39 Å². The normalized spacial score (nSPS) is 17.1. The number of carbonyl (C=O) groups excluding carboxylic acids is 1. The van der Waals surface area contributed by atoms with Crippen molar-refractivity contribution in [2.24, 2.45) is 4.99 Å². The molecule has 1 aliphatic heterocycles. The summed E-state index contributed by atoms with van der Waals surface area (Å²) in [6.07, 6.45) is 1.64. The number of carbonyl (C=O) groups is 1. The zero-order chi connectivity index (χ0) is 18.0. The van der Waals surface area contributed by atoms with Crippen LogP contribution in [0.25, 0.3) is 0 Å². The van der Waals surface area contributed by atoms with Crippen LogP contribution in [0, 0.1) is 5.82 Å². The van der Waals surface area contributed by atoms with Crippen molar-refractivity contribution < 1.29 is 9.18 Å². The molecule has 0 radical (unpaired) electrons. The van der Waals surface area contributed by atoms with Crippen LogP contribution >= 0.6 is 23.2 Å². The minimum Gasteiger partial charge on any atom is -0.341 e. The molecule has 25 heavy (non-hydrogen) atoms. The molecule has 4 nitrogen and oxygen atoms in total. The monoisotopic (exact) mass is 377 g/mol. The first-order valence-corrected chi connectivity index (χ1v) is 8.43. The van der Waals surface area contributed by atoms with Gasteiger partial charge in [-0.15, -0.1) is 11.6 Å². The summed E-state index contributed by atoms with van der Waals surface area (Å²) in [7, 11) is 0. The highest BCUT2D eigenvalue weighted by molar-refractivity contribution is 6.31. The summed E-state index contributed by atoms with van der Waals surface area (Å²) in [5, 5.41) is 3.28. The Balaban J connectivity index is 2.17. The third-order valence-corrected chi connectivity index (χ3v) is 4.40. The number of ketones is 1. The molecule has 1 aromatic carbocycles. The number of nitrogens with one attached hydrogen (secondary N) is 1. The average Bonchev–Trinajstić information content (AvgIpc) is 2.61. The second-order valence-corrected chi connectivity index (χ2v) is 6.14. The van der Waals surface area contributed by atoms with Crippen LogP contribution in [-0.4, -0.2) is 22.5 Å². The molecule has 0 fully saturated rings. The van der Waals surface area contributed by atoms with Crippen LogP contribution in [0.3, 0.4) is 0 Å². The first-order chi connectivity index (χ1) is 12.0. The summed E-state index contributed by atoms with van der Waals surface area (Å²) in [6, 6.07) is 8.75. The summed E-state index contributed by atoms with van der Waals surface area (Å²) in [6.45, 7) is 1.44. The van der Waals surface area contributed by atoms with Crippen LogP contribution in [0.5, 0.6) is 0 Å². The standard InChI is InChI=1S/C18H14Cl2FN3O/c1-10(25)16-15(9-19)23-18(14-4-2-3-7-22-14)24-17(16)12-6-5-11(21)8-13(12)20/h2-8,17H,9H2,1H3,(H,23,24). The average molecular weight is 378 g/mol. The van der Waals surface area contributed by atoms with Gasteiger partial charge in [0.15, 0.2) is 11.6 Å². The van der Waals surface area contributed by atoms with Gasteiger partial charge in [-0.2, -0.15) is 0 Å². The van der Waals surface area contributed by atoms with Gasteiger partial charge in [0.1, 0.15) is 17.6 Å². The fourth-order valence-electron chi connectivity index (χ4n) is 2.69. The molecular weight excluding hydrogens is 364 g/mol. The van der Waals surface area contributed by atoms with Crippen LogP contribution in [0.4, 0.5) is 4.39 Å². The number of pyridine rings is 1. The molecule has 1 N–H and O–H groups in total. The lowest BCUT2D eigenvalue weighted by Crippen LogP contribution is -2.34. The summed E-state index contributed by atoms with van der Waals surface area (Å²) in [4.78, 5) is 21.1. The van der Waals surface area contributed by atoms with Crippen LogP contribution in [0.1, 0.15) is 24.2 Å². The molecule has 0 saturated heterocycles. The second-order valence-electron chi connectivity index (χ2n) is 5.47. The van der Waals surface area contributed by atoms with Gasteiger partial charge < -0.3 is 5.32 Å². The maximum atomic E-state index is 13.4. The molecule has 1 unspecified atom stereocenters. The highest BCUT2D eigenvalue weighted by Crippen LogP contribution is 2.36. The Morgan fingerprint density at radius 2 is 2.12 bits per heavy atom. The largest absolute Gasteiger partial charge is 0.341 e. The van der Waals surface area contributed by atoms with Crippen molar-refractivity contribution in [1.29, 1.82) is 0 Å². The van der Waals surface area contributed by atoms with E-state index in [1.807, 2.05) is 6.07 Å². The zero-order valence-electron chi connectivity index (χ0n) is 13.3. The molecule has 0 saturated carbocycles. The smallest absolute Gasteiger partial charge is 0.160 e. The quantitative estimate of drug-likeness (QED) is 0.817. The predicted octanol–water partition coefficient (Wildman–Crippen LogP) is 4.05. The van der Waals surface area contributed by atoms with Gasteiger partial charge in [0.2, 0.25) is 0 Å². The van der Waals surface area contributed by atoms with E-state index in [1.54, 1.807) is 18.3 Å². The van der Waals surface area contributed by atoms with Gasteiger partial charge >= 0.3 is 0 Å². The van der Waals surface area contributed by atoms with Gasteiger partial charge in [0.25, 0.3) is 0 Å². The van der Waals surface area contributed by atoms with Crippen LogP contribution < -0.4 is 5.32 Å². The minimum absolute atomic E-state index is 0.0933. The van der Waals surface area contributed by atoms with E-state index in [0.29, 0.717) is 28.4 Å². The molecule has 0 spiro atoms. The van der Waals surface area contributed by atoms with E-state index in [9.17, 15) is 9.18 Å². The molecular formula is C18H14Cl2FN3O. The van der Waals surface area contributed by atoms with Gasteiger partial charge in [-0.05, 0) is 31.2 Å². The molecule has 0 amide bonds. The van der Waals surface area contributed by atoms with E-state index >= 15 is 0 Å². The van der Waals surface area contributed by atoms with E-state index in [1.165, 1.54) is 25.1 Å². The Morgan fingerprint density at radius 1 is 1.32 bits per heavy atom. The van der Waals surface area contributed by atoms with Gasteiger partial charge in [-0.3, -0.25) is 14.8 Å². The van der Waals surface area contributed by atoms with E-state index in [-0.39, 0.29) is 16.7 Å². The van der Waals surface area contributed by atoms with Crippen molar-refractivity contribution in [2.45, 2.75) is 13.0 Å². The van der Waals surface area contributed by atoms with Crippen LogP contribution in [-0.2, 0) is 4.79 Å². The van der Waals surface area contributed by atoms with Crippen molar-refractivity contribution in [3.8, 4) is 0 Å². The number of alkyl halides is 1. The molecule has 1 atom stereocenters. The van der Waals surface area contributed by atoms with E-state index in [4.69, 9.17) is 23.2 Å². The summed E-state index contributed by atoms with van der Waals surface area (Å²) in [5.41, 5.74) is 2.08. The lowest BCUT2D eigenvalue weighted by molar-refractivity contribution is -0.113. The fourth-order valence-corrected chi connectivity index (χ4v) is 3.17. The Bertz CT molecular complexity index is 881. The number of nitrogens with zero attached hydrogens (tertiary/aromatic N) is 2. The molecule has 1 aromatic heterocycles. The summed E-state index contributed by atoms with van der Waals surface area (Å²) >= 11 is 12.3. The molecule has 0 aliphatic carbocycles. The Kier molecular flexibility index (Phi) is 5.16. The van der Waals surface area contributed by atoms with Crippen molar-refractivity contribution in [2.75, 3.05) is 5.88 Å². The molecule has 7 heteroatoms. The highest BCUT2D eigenvalue weighted by atomic mass is 35.5. The summed E-state index contributed by atoms with van der Waals surface area (Å²) in [5.74, 6) is -0.0673. The fraction of sp³-hybridized carbons (Fsp3) is 0.167. The van der Waals surface area contributed by atoms with Crippen molar-refractivity contribution in [3.05, 3.63) is 76.0 Å². The molecule has 2 aromatic rings. The maximum Gasteiger partial charge on any atom is 0.160 e. The Labute approximate surface area is 154 Å². The number of hydrogen-bond donors (Lipinski definition) is 1. The van der Waals surface area contributed by atoms with Gasteiger partial charge in [-0.1, -0.05) is 23.7 Å². The van der Waals surface area contributed by atoms with E-state index in [0.717, 1.165) is 0 Å². The number of aliphatic imine (C=N–C) groups is 1. The van der Waals surface area contributed by atoms with Gasteiger partial charge in [0.05, 0.1) is 5.88 Å². The molecule has 128 valence electrons. The molecule has 0 bridgehead atoms. The number of rotatable bonds is 4. The first kappa shape index (κ1) is 17.6. The van der Waals surface area contributed by atoms with Crippen molar-refractivity contribution in [3.63, 3.8) is 0 Å². The SMILES string of the molecule is CC(=O)C1=C(CCl)NC(c2ccccn2)=NC1c1ccc(F)cc1Cl. The summed E-state index contributed by atoms with van der Waals surface area (Å²) < 4.78 is 13.4. The number of aromatic nitrogens is 1. The van der Waals surface area contributed by atoms with Crippen molar-refractivity contribution >= 4 is 34.8 Å². The zero-order valence-corrected chi connectivity index (χ0v) is 14.8. The van der Waals surface area contributed by atoms with E-state index in [2.05, 4.69) is 15.3 Å². The highest BCUT2D eigenvalue weighted by Gasteiger charge is 2.30. The van der Waals surface area contributed by atoms with Crippen LogP contribution in [0.15, 0.2) is 58.9 Å². The molecule has 2 heterocycles. The third kappa shape index (κ3) is 3.57. The number of halogens is 3. The van der Waals surface area contributed by atoms with Gasteiger partial charge in [0, 0.05) is 28.1 Å². The third-order valence-electron chi connectivity index (χ3n) is 3.80. The molecule has 1 aliphatic rings. The maximum absolute atomic E-state index is 13.4. The number of Topliss-reactive ketones (excluding diaryl/α,β-unsaturated/α-hetero) is 1. The minimum atomic E-state index is -0.683. The Morgan fingerprint density at radius 3 is 2.72 bits per heavy atom. The number of amidine groups is 1. The second kappa shape index (κ2) is 7.33. The van der Waals surface area contributed by atoms with Crippen molar-refractivity contribution in [1.82, 2.24) is 10.3 Å². The van der Waals surface area contributed by atoms with E-state index < -0.39 is 11.9 Å². The lowest BCUT2D eigenvalue weighted by atomic mass is 9.93. The predicted molar refractivity (Wildman–Crippen MR) is 96.5 cm³/mol. The number of benzene rings is 1. The topological polar surface area (TPSA) is 54.4 Å². The lowest BCUT2D eigenvalue weighted by Gasteiger charge is -2.27.